The number of esters is 1. The zero-order chi connectivity index (χ0) is 26.3. The fraction of sp³-hybridized carbons (Fsp3) is 0.387. The van der Waals surface area contributed by atoms with Gasteiger partial charge in [0.1, 0.15) is 11.5 Å². The summed E-state index contributed by atoms with van der Waals surface area (Å²) in [6.07, 6.45) is 12.8. The molecule has 1 N–H and O–H groups in total. The molecule has 0 fully saturated rings. The average molecular weight is 503 g/mol. The van der Waals surface area contributed by atoms with Gasteiger partial charge in [-0.3, -0.25) is 4.79 Å². The molecule has 0 aromatic heterocycles. The first-order valence-electron chi connectivity index (χ1n) is 13.3. The zero-order valence-electron chi connectivity index (χ0n) is 22.0. The number of nitrogens with zero attached hydrogens (tertiary/aromatic N) is 1. The van der Waals surface area contributed by atoms with Crippen LogP contribution in [0.25, 0.3) is 10.8 Å². The molecule has 0 saturated carbocycles. The van der Waals surface area contributed by atoms with Crippen LogP contribution in [0.1, 0.15) is 87.1 Å². The smallest absolute Gasteiger partial charge is 0.343 e. The molecule has 196 valence electrons. The van der Waals surface area contributed by atoms with Crippen molar-refractivity contribution in [2.45, 2.75) is 71.1 Å². The molecule has 3 aromatic carbocycles. The summed E-state index contributed by atoms with van der Waals surface area (Å²) in [6, 6.07) is 18.1. The molecule has 0 atom stereocenters. The molecule has 0 aliphatic rings. The van der Waals surface area contributed by atoms with E-state index in [-0.39, 0.29) is 5.91 Å². The minimum absolute atomic E-state index is 0.115. The molecule has 0 unspecified atom stereocenters. The van der Waals surface area contributed by atoms with Crippen molar-refractivity contribution in [3.8, 4) is 11.5 Å². The molecular formula is C31H38N2O4. The van der Waals surface area contributed by atoms with Crippen LogP contribution in [-0.2, 0) is 4.79 Å². The minimum Gasteiger partial charge on any atom is -0.497 e. The van der Waals surface area contributed by atoms with Crippen LogP contribution in [0, 0.1) is 0 Å². The Bertz CT molecular complexity index is 1170. The second-order valence-corrected chi connectivity index (χ2v) is 9.19. The highest BCUT2D eigenvalue weighted by Gasteiger charge is 2.14. The average Bonchev–Trinajstić information content (AvgIpc) is 2.93. The van der Waals surface area contributed by atoms with Gasteiger partial charge in [0.15, 0.2) is 0 Å². The number of hydrogen-bond acceptors (Lipinski definition) is 5. The van der Waals surface area contributed by atoms with Gasteiger partial charge in [0.25, 0.3) is 0 Å². The summed E-state index contributed by atoms with van der Waals surface area (Å²) in [6.45, 7) is 2.23. The molecular weight excluding hydrogens is 464 g/mol. The van der Waals surface area contributed by atoms with Gasteiger partial charge in [-0.25, -0.2) is 10.2 Å². The van der Waals surface area contributed by atoms with Gasteiger partial charge >= 0.3 is 5.97 Å². The number of benzene rings is 3. The Labute approximate surface area is 220 Å². The van der Waals surface area contributed by atoms with E-state index in [0.29, 0.717) is 29.0 Å². The topological polar surface area (TPSA) is 77.0 Å². The molecule has 6 heteroatoms. The fourth-order valence-corrected chi connectivity index (χ4v) is 4.20. The Morgan fingerprint density at radius 2 is 1.51 bits per heavy atom. The fourth-order valence-electron chi connectivity index (χ4n) is 4.20. The van der Waals surface area contributed by atoms with E-state index in [1.165, 1.54) is 44.9 Å². The van der Waals surface area contributed by atoms with Crippen molar-refractivity contribution in [3.63, 3.8) is 0 Å². The van der Waals surface area contributed by atoms with Gasteiger partial charge in [0.05, 0.1) is 18.9 Å². The summed E-state index contributed by atoms with van der Waals surface area (Å²) in [5.41, 5.74) is 3.66. The van der Waals surface area contributed by atoms with E-state index in [1.807, 2.05) is 30.3 Å². The highest BCUT2D eigenvalue weighted by molar-refractivity contribution is 6.04. The van der Waals surface area contributed by atoms with Crippen LogP contribution >= 0.6 is 0 Å². The molecule has 37 heavy (non-hydrogen) atoms. The summed E-state index contributed by atoms with van der Waals surface area (Å²) in [7, 11) is 1.57. The lowest BCUT2D eigenvalue weighted by atomic mass is 10.0. The van der Waals surface area contributed by atoms with Crippen LogP contribution in [-0.4, -0.2) is 25.2 Å². The highest BCUT2D eigenvalue weighted by atomic mass is 16.5. The Hall–Kier alpha value is -3.67. The predicted octanol–water partition coefficient (Wildman–Crippen LogP) is 7.44. The molecule has 6 nitrogen and oxygen atoms in total. The molecule has 3 aromatic rings. The van der Waals surface area contributed by atoms with Crippen molar-refractivity contribution in [3.05, 3.63) is 71.8 Å². The molecule has 0 heterocycles. The Kier molecular flexibility index (Phi) is 11.6. The first kappa shape index (κ1) is 27.9. The van der Waals surface area contributed by atoms with Crippen molar-refractivity contribution >= 4 is 28.9 Å². The number of nitrogens with one attached hydrogen (secondary N) is 1. The SMILES string of the molecule is CCCCCCCCCCCC(=O)N/N=C/c1c(OC(=O)c2ccc(OC)cc2)ccc2ccccc12. The van der Waals surface area contributed by atoms with E-state index in [2.05, 4.69) is 17.5 Å². The molecule has 0 spiro atoms. The van der Waals surface area contributed by atoms with Gasteiger partial charge in [-0.1, -0.05) is 88.6 Å². The molecule has 3 rings (SSSR count). The second-order valence-electron chi connectivity index (χ2n) is 9.19. The summed E-state index contributed by atoms with van der Waals surface area (Å²) < 4.78 is 10.9. The van der Waals surface area contributed by atoms with Gasteiger partial charge in [-0.2, -0.15) is 5.10 Å². The Morgan fingerprint density at radius 3 is 2.22 bits per heavy atom. The number of methoxy groups -OCH3 is 1. The molecule has 0 aliphatic heterocycles. The predicted molar refractivity (Wildman–Crippen MR) is 149 cm³/mol. The zero-order valence-corrected chi connectivity index (χ0v) is 22.0. The monoisotopic (exact) mass is 502 g/mol. The van der Waals surface area contributed by atoms with E-state index in [1.54, 1.807) is 43.7 Å². The van der Waals surface area contributed by atoms with E-state index in [9.17, 15) is 9.59 Å². The maximum absolute atomic E-state index is 12.8. The van der Waals surface area contributed by atoms with Crippen molar-refractivity contribution in [2.24, 2.45) is 5.10 Å². The highest BCUT2D eigenvalue weighted by Crippen LogP contribution is 2.27. The van der Waals surface area contributed by atoms with Crippen molar-refractivity contribution in [2.75, 3.05) is 7.11 Å². The number of rotatable bonds is 15. The molecule has 1 amide bonds. The number of unbranched alkanes of at least 4 members (excludes halogenated alkanes) is 8. The van der Waals surface area contributed by atoms with E-state index >= 15 is 0 Å². The first-order valence-corrected chi connectivity index (χ1v) is 13.3. The van der Waals surface area contributed by atoms with E-state index in [4.69, 9.17) is 9.47 Å². The third-order valence-electron chi connectivity index (χ3n) is 6.35. The van der Waals surface area contributed by atoms with Gasteiger partial charge in [-0.05, 0) is 47.5 Å². The number of carbonyl (C=O) groups excluding carboxylic acids is 2. The third kappa shape index (κ3) is 9.05. The van der Waals surface area contributed by atoms with Gasteiger partial charge in [0.2, 0.25) is 5.91 Å². The van der Waals surface area contributed by atoms with Crippen LogP contribution in [0.5, 0.6) is 11.5 Å². The maximum atomic E-state index is 12.8. The van der Waals surface area contributed by atoms with E-state index < -0.39 is 5.97 Å². The van der Waals surface area contributed by atoms with Gasteiger partial charge in [-0.15, -0.1) is 0 Å². The van der Waals surface area contributed by atoms with Crippen LogP contribution in [0.4, 0.5) is 0 Å². The number of hydrazone groups is 1. The van der Waals surface area contributed by atoms with Crippen molar-refractivity contribution in [1.29, 1.82) is 0 Å². The molecule has 0 aliphatic carbocycles. The third-order valence-corrected chi connectivity index (χ3v) is 6.35. The second kappa shape index (κ2) is 15.4. The summed E-state index contributed by atoms with van der Waals surface area (Å²) >= 11 is 0. The number of amides is 1. The summed E-state index contributed by atoms with van der Waals surface area (Å²) in [5.74, 6) is 0.433. The Balaban J connectivity index is 1.56. The van der Waals surface area contributed by atoms with Crippen LogP contribution in [0.2, 0.25) is 0 Å². The number of carbonyl (C=O) groups is 2. The Morgan fingerprint density at radius 1 is 0.838 bits per heavy atom. The van der Waals surface area contributed by atoms with Crippen LogP contribution in [0.15, 0.2) is 65.8 Å². The quantitative estimate of drug-likeness (QED) is 0.0770. The maximum Gasteiger partial charge on any atom is 0.343 e. The summed E-state index contributed by atoms with van der Waals surface area (Å²) in [5, 5.41) is 6.03. The van der Waals surface area contributed by atoms with E-state index in [0.717, 1.165) is 23.6 Å². The lowest BCUT2D eigenvalue weighted by Crippen LogP contribution is -2.17. The largest absolute Gasteiger partial charge is 0.497 e. The van der Waals surface area contributed by atoms with Crippen molar-refractivity contribution in [1.82, 2.24) is 5.43 Å². The lowest BCUT2D eigenvalue weighted by molar-refractivity contribution is -0.121. The van der Waals surface area contributed by atoms with Gasteiger partial charge in [0, 0.05) is 12.0 Å². The lowest BCUT2D eigenvalue weighted by Gasteiger charge is -2.11. The van der Waals surface area contributed by atoms with Crippen LogP contribution in [0.3, 0.4) is 0 Å². The molecule has 0 bridgehead atoms. The minimum atomic E-state index is -0.484. The van der Waals surface area contributed by atoms with Gasteiger partial charge < -0.3 is 9.47 Å². The van der Waals surface area contributed by atoms with Crippen molar-refractivity contribution < 1.29 is 19.1 Å². The number of fused-ring (bicyclic) bond motifs is 1. The summed E-state index contributed by atoms with van der Waals surface area (Å²) in [4.78, 5) is 25.0. The number of ether oxygens (including phenoxy) is 2. The van der Waals surface area contributed by atoms with Crippen LogP contribution < -0.4 is 14.9 Å². The molecule has 0 saturated heterocycles. The standard InChI is InChI=1S/C31H38N2O4/c1-3-4-5-6-7-8-9-10-11-16-30(34)33-32-23-28-27-15-13-12-14-24(27)19-22-29(28)37-31(35)25-17-20-26(36-2)21-18-25/h12-15,17-23H,3-11,16H2,1-2H3,(H,33,34)/b32-23+. The first-order chi connectivity index (χ1) is 18.1. The normalized spacial score (nSPS) is 11.1. The number of hydrogen-bond donors (Lipinski definition) is 1. The molecule has 0 radical (unpaired) electrons.